The first-order valence-electron chi connectivity index (χ1n) is 9.85. The van der Waals surface area contributed by atoms with Crippen LogP contribution in [0.3, 0.4) is 0 Å². The molecule has 2 N–H and O–H groups in total. The van der Waals surface area contributed by atoms with Gasteiger partial charge in [-0.25, -0.2) is 15.0 Å². The maximum Gasteiger partial charge on any atom is 0.251 e. The van der Waals surface area contributed by atoms with Crippen LogP contribution in [0.15, 0.2) is 48.9 Å². The van der Waals surface area contributed by atoms with Gasteiger partial charge in [-0.2, -0.15) is 4.39 Å². The van der Waals surface area contributed by atoms with E-state index in [0.717, 1.165) is 25.1 Å². The lowest BCUT2D eigenvalue weighted by Crippen LogP contribution is -2.26. The average molecular weight is 405 g/mol. The zero-order valence-electron chi connectivity index (χ0n) is 16.2. The van der Waals surface area contributed by atoms with Gasteiger partial charge in [0.25, 0.3) is 5.91 Å². The summed E-state index contributed by atoms with van der Waals surface area (Å²) in [5, 5.41) is 11.6. The number of aromatic nitrogens is 3. The molecular weight excluding hydrogens is 385 g/mol. The van der Waals surface area contributed by atoms with Gasteiger partial charge in [0.05, 0.1) is 6.61 Å². The number of amides is 1. The predicted molar refractivity (Wildman–Crippen MR) is 109 cm³/mol. The lowest BCUT2D eigenvalue weighted by atomic mass is 9.97. The van der Waals surface area contributed by atoms with E-state index in [1.807, 2.05) is 23.1 Å². The Morgan fingerprint density at radius 3 is 2.63 bits per heavy atom. The normalized spacial score (nSPS) is 15.9. The standard InChI is InChI=1S/C22H20FN5O2/c23-19-10-14(3-6-24-19)16-11-26-21(27-12-16)28-13-22(4-5-22)17-2-1-15(9-18(17)28)20(30)25-7-8-29/h1-3,6,9-12,29H,4-5,7-8,13H2,(H,25,30). The van der Waals surface area contributed by atoms with Crippen molar-refractivity contribution in [1.82, 2.24) is 20.3 Å². The molecule has 1 aliphatic carbocycles. The van der Waals surface area contributed by atoms with Gasteiger partial charge in [0.1, 0.15) is 0 Å². The summed E-state index contributed by atoms with van der Waals surface area (Å²) in [5.41, 5.74) is 4.16. The molecule has 2 aromatic heterocycles. The first-order chi connectivity index (χ1) is 14.6. The van der Waals surface area contributed by atoms with Gasteiger partial charge in [0.2, 0.25) is 11.9 Å². The van der Waals surface area contributed by atoms with Gasteiger partial charge in [0.15, 0.2) is 0 Å². The van der Waals surface area contributed by atoms with Crippen LogP contribution in [-0.4, -0.2) is 45.7 Å². The smallest absolute Gasteiger partial charge is 0.251 e. The van der Waals surface area contributed by atoms with Crippen LogP contribution in [0.25, 0.3) is 11.1 Å². The molecule has 1 saturated carbocycles. The van der Waals surface area contributed by atoms with Gasteiger partial charge >= 0.3 is 0 Å². The van der Waals surface area contributed by atoms with Crippen LogP contribution < -0.4 is 10.2 Å². The van der Waals surface area contributed by atoms with Crippen molar-refractivity contribution in [2.75, 3.05) is 24.6 Å². The molecule has 1 fully saturated rings. The molecule has 2 aliphatic rings. The zero-order valence-corrected chi connectivity index (χ0v) is 16.2. The Morgan fingerprint density at radius 1 is 1.13 bits per heavy atom. The van der Waals surface area contributed by atoms with Crippen molar-refractivity contribution in [2.24, 2.45) is 0 Å². The molecule has 30 heavy (non-hydrogen) atoms. The quantitative estimate of drug-likeness (QED) is 0.634. The number of fused-ring (bicyclic) bond motifs is 2. The molecule has 0 bridgehead atoms. The fraction of sp³-hybridized carbons (Fsp3) is 0.273. The lowest BCUT2D eigenvalue weighted by Gasteiger charge is -2.18. The number of aliphatic hydroxyl groups is 1. The molecule has 1 aliphatic heterocycles. The third kappa shape index (κ3) is 3.19. The molecule has 0 saturated heterocycles. The van der Waals surface area contributed by atoms with E-state index in [0.29, 0.717) is 22.6 Å². The summed E-state index contributed by atoms with van der Waals surface area (Å²) >= 11 is 0. The van der Waals surface area contributed by atoms with Crippen molar-refractivity contribution >= 4 is 17.5 Å². The van der Waals surface area contributed by atoms with Crippen molar-refractivity contribution in [3.05, 3.63) is 66.0 Å². The zero-order chi connectivity index (χ0) is 20.7. The van der Waals surface area contributed by atoms with Gasteiger partial charge in [-0.15, -0.1) is 0 Å². The van der Waals surface area contributed by atoms with Crippen LogP contribution in [0.1, 0.15) is 28.8 Å². The highest BCUT2D eigenvalue weighted by atomic mass is 19.1. The third-order valence-corrected chi connectivity index (χ3v) is 5.77. The number of nitrogens with one attached hydrogen (secondary N) is 1. The number of benzene rings is 1. The average Bonchev–Trinajstić information content (AvgIpc) is 3.48. The van der Waals surface area contributed by atoms with Crippen LogP contribution in [0, 0.1) is 5.95 Å². The second kappa shape index (κ2) is 7.14. The first kappa shape index (κ1) is 18.6. The number of halogens is 1. The van der Waals surface area contributed by atoms with E-state index in [-0.39, 0.29) is 24.5 Å². The Bertz CT molecular complexity index is 1110. The number of pyridine rings is 1. The number of hydrogen-bond acceptors (Lipinski definition) is 6. The molecule has 1 spiro atoms. The molecule has 1 aromatic carbocycles. The van der Waals surface area contributed by atoms with Crippen LogP contribution in [0.5, 0.6) is 0 Å². The van der Waals surface area contributed by atoms with Crippen molar-refractivity contribution in [3.8, 4) is 11.1 Å². The topological polar surface area (TPSA) is 91.2 Å². The molecular formula is C22H20FN5O2. The Morgan fingerprint density at radius 2 is 1.93 bits per heavy atom. The fourth-order valence-electron chi connectivity index (χ4n) is 4.04. The van der Waals surface area contributed by atoms with Crippen LogP contribution >= 0.6 is 0 Å². The molecule has 152 valence electrons. The number of carbonyl (C=O) groups is 1. The Balaban J connectivity index is 1.47. The van der Waals surface area contributed by atoms with E-state index in [1.54, 1.807) is 18.5 Å². The first-order valence-corrected chi connectivity index (χ1v) is 9.85. The van der Waals surface area contributed by atoms with Gasteiger partial charge < -0.3 is 15.3 Å². The second-order valence-electron chi connectivity index (χ2n) is 7.72. The van der Waals surface area contributed by atoms with Crippen LogP contribution in [0.4, 0.5) is 16.0 Å². The summed E-state index contributed by atoms with van der Waals surface area (Å²) in [6.07, 6.45) is 6.95. The molecule has 0 atom stereocenters. The molecule has 5 rings (SSSR count). The van der Waals surface area contributed by atoms with Crippen molar-refractivity contribution in [2.45, 2.75) is 18.3 Å². The summed E-state index contributed by atoms with van der Waals surface area (Å²) in [7, 11) is 0. The molecule has 0 unspecified atom stereocenters. The second-order valence-corrected chi connectivity index (χ2v) is 7.72. The summed E-state index contributed by atoms with van der Waals surface area (Å²) in [5.74, 6) is -0.224. The minimum Gasteiger partial charge on any atom is -0.395 e. The Labute approximate surface area is 172 Å². The molecule has 1 amide bonds. The number of hydrogen-bond donors (Lipinski definition) is 2. The van der Waals surface area contributed by atoms with E-state index in [9.17, 15) is 9.18 Å². The number of carbonyl (C=O) groups excluding carboxylic acids is 1. The Hall–Kier alpha value is -3.39. The van der Waals surface area contributed by atoms with Crippen LogP contribution in [-0.2, 0) is 5.41 Å². The van der Waals surface area contributed by atoms with Gasteiger partial charge in [-0.3, -0.25) is 4.79 Å². The largest absolute Gasteiger partial charge is 0.395 e. The number of nitrogens with zero attached hydrogens (tertiary/aromatic N) is 4. The van der Waals surface area contributed by atoms with E-state index >= 15 is 0 Å². The van der Waals surface area contributed by atoms with Gasteiger partial charge in [-0.1, -0.05) is 6.07 Å². The summed E-state index contributed by atoms with van der Waals surface area (Å²) in [6, 6.07) is 8.77. The number of aliphatic hydroxyl groups excluding tert-OH is 1. The maximum atomic E-state index is 13.4. The monoisotopic (exact) mass is 405 g/mol. The fourth-order valence-corrected chi connectivity index (χ4v) is 4.04. The van der Waals surface area contributed by atoms with Gasteiger partial charge in [-0.05, 0) is 42.2 Å². The van der Waals surface area contributed by atoms with E-state index in [1.165, 1.54) is 17.8 Å². The number of rotatable bonds is 5. The van der Waals surface area contributed by atoms with E-state index in [2.05, 4.69) is 20.3 Å². The van der Waals surface area contributed by atoms with Crippen molar-refractivity contribution in [1.29, 1.82) is 0 Å². The van der Waals surface area contributed by atoms with E-state index < -0.39 is 5.95 Å². The van der Waals surface area contributed by atoms with Crippen LogP contribution in [0.2, 0.25) is 0 Å². The minimum absolute atomic E-state index is 0.103. The third-order valence-electron chi connectivity index (χ3n) is 5.77. The van der Waals surface area contributed by atoms with E-state index in [4.69, 9.17) is 5.11 Å². The summed E-state index contributed by atoms with van der Waals surface area (Å²) in [6.45, 7) is 0.879. The van der Waals surface area contributed by atoms with Gasteiger partial charge in [0, 0.05) is 60.0 Å². The van der Waals surface area contributed by atoms with Crippen molar-refractivity contribution < 1.29 is 14.3 Å². The molecule has 8 heteroatoms. The van der Waals surface area contributed by atoms with Crippen molar-refractivity contribution in [3.63, 3.8) is 0 Å². The summed E-state index contributed by atoms with van der Waals surface area (Å²) < 4.78 is 13.4. The Kier molecular flexibility index (Phi) is 4.43. The maximum absolute atomic E-state index is 13.4. The molecule has 3 aromatic rings. The predicted octanol–water partition coefficient (Wildman–Crippen LogP) is 2.58. The highest BCUT2D eigenvalue weighted by Crippen LogP contribution is 2.57. The lowest BCUT2D eigenvalue weighted by molar-refractivity contribution is 0.0945. The molecule has 0 radical (unpaired) electrons. The number of anilines is 2. The highest BCUT2D eigenvalue weighted by molar-refractivity contribution is 5.96. The summed E-state index contributed by atoms with van der Waals surface area (Å²) in [4.78, 5) is 27.0. The minimum atomic E-state index is -0.548. The molecule has 3 heterocycles. The highest BCUT2D eigenvalue weighted by Gasteiger charge is 2.52. The SMILES string of the molecule is O=C(NCCO)c1ccc2c(c1)N(c1ncc(-c3ccnc(F)c3)cn1)CC21CC1. The molecule has 7 nitrogen and oxygen atoms in total.